The molecule has 0 atom stereocenters. The average Bonchev–Trinajstić information content (AvgIpc) is 2.85. The van der Waals surface area contributed by atoms with Gasteiger partial charge in [0, 0.05) is 21.7 Å². The van der Waals surface area contributed by atoms with Crippen molar-refractivity contribution in [1.29, 1.82) is 0 Å². The normalized spacial score (nSPS) is 13.6. The maximum Gasteiger partial charge on any atom is 0.335 e. The summed E-state index contributed by atoms with van der Waals surface area (Å²) >= 11 is 0. The van der Waals surface area contributed by atoms with Crippen LogP contribution in [0.3, 0.4) is 0 Å². The summed E-state index contributed by atoms with van der Waals surface area (Å²) in [6.07, 6.45) is 3.44. The summed E-state index contributed by atoms with van der Waals surface area (Å²) in [5, 5.41) is 16.8. The van der Waals surface area contributed by atoms with Gasteiger partial charge in [-0.1, -0.05) is 69.5 Å². The zero-order valence-electron chi connectivity index (χ0n) is 17.5. The Bertz CT molecular complexity index is 817. The minimum Gasteiger partial charge on any atom is -0.478 e. The number of carboxylic acid groups (broad SMARTS) is 2. The number of carboxylic acids is 2. The van der Waals surface area contributed by atoms with Gasteiger partial charge in [-0.25, -0.2) is 15.2 Å². The van der Waals surface area contributed by atoms with Crippen LogP contribution < -0.4 is 0 Å². The van der Waals surface area contributed by atoms with Gasteiger partial charge in [0.1, 0.15) is 0 Å². The molecule has 1 aliphatic carbocycles. The van der Waals surface area contributed by atoms with Crippen LogP contribution in [0.15, 0.2) is 77.4 Å². The fourth-order valence-electron chi connectivity index (χ4n) is 2.57. The summed E-state index contributed by atoms with van der Waals surface area (Å²) < 4.78 is 0. The third-order valence-electron chi connectivity index (χ3n) is 4.60. The summed E-state index contributed by atoms with van der Waals surface area (Å²) in [4.78, 5) is 20.4. The van der Waals surface area contributed by atoms with E-state index in [0.29, 0.717) is 11.1 Å². The van der Waals surface area contributed by atoms with Crippen LogP contribution in [0.5, 0.6) is 0 Å². The zero-order chi connectivity index (χ0) is 21.3. The van der Waals surface area contributed by atoms with Crippen molar-refractivity contribution in [3.05, 3.63) is 94.6 Å². The Kier molecular flexibility index (Phi) is 11.2. The molecular formula is C24H27O4Ti-. The van der Waals surface area contributed by atoms with Crippen LogP contribution in [-0.2, 0) is 21.7 Å². The van der Waals surface area contributed by atoms with Gasteiger partial charge in [-0.15, -0.1) is 6.92 Å². The van der Waals surface area contributed by atoms with Crippen LogP contribution in [0.25, 0.3) is 0 Å². The van der Waals surface area contributed by atoms with Gasteiger partial charge in [-0.05, 0) is 24.3 Å². The Morgan fingerprint density at radius 1 is 0.759 bits per heavy atom. The van der Waals surface area contributed by atoms with E-state index in [0.717, 1.165) is 0 Å². The average molecular weight is 427 g/mol. The molecule has 0 bridgehead atoms. The summed E-state index contributed by atoms with van der Waals surface area (Å²) in [7, 11) is 0. The number of rotatable bonds is 2. The molecule has 3 rings (SSSR count). The minimum absolute atomic E-state index is 0. The predicted octanol–water partition coefficient (Wildman–Crippen LogP) is 5.88. The smallest absolute Gasteiger partial charge is 0.335 e. The minimum atomic E-state index is -0.879. The van der Waals surface area contributed by atoms with E-state index < -0.39 is 11.9 Å². The first-order valence-corrected chi connectivity index (χ1v) is 8.93. The molecule has 1 aliphatic rings. The fourth-order valence-corrected chi connectivity index (χ4v) is 2.57. The molecule has 2 aromatic carbocycles. The van der Waals surface area contributed by atoms with Gasteiger partial charge in [-0.2, -0.15) is 11.1 Å². The Morgan fingerprint density at radius 2 is 1.10 bits per heavy atom. The van der Waals surface area contributed by atoms with Crippen molar-refractivity contribution < 1.29 is 41.5 Å². The molecule has 0 aromatic heterocycles. The molecule has 0 saturated heterocycles. The van der Waals surface area contributed by atoms with Crippen LogP contribution >= 0.6 is 0 Å². The van der Waals surface area contributed by atoms with Crippen molar-refractivity contribution in [3.63, 3.8) is 0 Å². The number of allylic oxidation sites excluding steroid dienone is 4. The van der Waals surface area contributed by atoms with Gasteiger partial charge in [0.25, 0.3) is 0 Å². The molecule has 0 unspecified atom stereocenters. The number of carbonyl (C=O) groups is 2. The van der Waals surface area contributed by atoms with Crippen molar-refractivity contribution >= 4 is 11.9 Å². The maximum absolute atomic E-state index is 10.2. The predicted molar refractivity (Wildman–Crippen MR) is 111 cm³/mol. The van der Waals surface area contributed by atoms with Gasteiger partial charge in [-0.3, -0.25) is 6.08 Å². The summed E-state index contributed by atoms with van der Waals surface area (Å²) in [5.41, 5.74) is 5.06. The molecule has 0 aliphatic heterocycles. The van der Waals surface area contributed by atoms with E-state index in [1.54, 1.807) is 60.7 Å². The van der Waals surface area contributed by atoms with Crippen LogP contribution in [0, 0.1) is 11.5 Å². The Morgan fingerprint density at radius 3 is 1.24 bits per heavy atom. The van der Waals surface area contributed by atoms with E-state index in [-0.39, 0.29) is 27.1 Å². The molecular weight excluding hydrogens is 400 g/mol. The van der Waals surface area contributed by atoms with E-state index in [1.165, 1.54) is 16.7 Å². The molecule has 0 fully saturated rings. The molecule has 29 heavy (non-hydrogen) atoms. The van der Waals surface area contributed by atoms with Crippen molar-refractivity contribution in [2.24, 2.45) is 5.41 Å². The number of benzene rings is 2. The SMILES string of the molecule is CC1=[C-]C(C)(C)C(C)=C1C.O=C(O)c1ccccc1.O=C(O)c1ccccc1.[Ti]. The summed E-state index contributed by atoms with van der Waals surface area (Å²) in [6.45, 7) is 10.9. The van der Waals surface area contributed by atoms with E-state index in [9.17, 15) is 9.59 Å². The Labute approximate surface area is 187 Å². The van der Waals surface area contributed by atoms with E-state index >= 15 is 0 Å². The maximum atomic E-state index is 10.2. The topological polar surface area (TPSA) is 74.6 Å². The molecule has 2 aromatic rings. The number of hydrogen-bond donors (Lipinski definition) is 2. The third-order valence-corrected chi connectivity index (χ3v) is 4.60. The number of aromatic carboxylic acids is 2. The first kappa shape index (κ1) is 26.6. The van der Waals surface area contributed by atoms with Crippen LogP contribution in [0.1, 0.15) is 55.3 Å². The second kappa shape index (κ2) is 12.2. The molecule has 152 valence electrons. The second-order valence-corrected chi connectivity index (χ2v) is 6.97. The van der Waals surface area contributed by atoms with Gasteiger partial charge in [0.05, 0.1) is 11.1 Å². The van der Waals surface area contributed by atoms with Crippen LogP contribution in [0.2, 0.25) is 0 Å². The standard InChI is InChI=1S/C10H15.2C7H6O2.Ti/c1-7-6-10(4,5)9(3)8(7)2;2*8-7(9)6-4-2-1-3-5-6;/h1-5H3;2*1-5H,(H,8,9);/q-1;;;. The molecule has 0 saturated carbocycles. The molecule has 0 radical (unpaired) electrons. The molecule has 0 amide bonds. The largest absolute Gasteiger partial charge is 0.478 e. The van der Waals surface area contributed by atoms with Crippen LogP contribution in [0.4, 0.5) is 0 Å². The van der Waals surface area contributed by atoms with Crippen molar-refractivity contribution in [3.8, 4) is 0 Å². The molecule has 4 nitrogen and oxygen atoms in total. The van der Waals surface area contributed by atoms with Crippen molar-refractivity contribution in [2.75, 3.05) is 0 Å². The second-order valence-electron chi connectivity index (χ2n) is 6.97. The molecule has 0 spiro atoms. The Hall–Kier alpha value is -2.43. The van der Waals surface area contributed by atoms with Gasteiger partial charge >= 0.3 is 11.9 Å². The van der Waals surface area contributed by atoms with Crippen molar-refractivity contribution in [1.82, 2.24) is 0 Å². The zero-order valence-corrected chi connectivity index (χ0v) is 19.0. The van der Waals surface area contributed by atoms with Crippen LogP contribution in [-0.4, -0.2) is 22.2 Å². The van der Waals surface area contributed by atoms with Crippen molar-refractivity contribution in [2.45, 2.75) is 34.6 Å². The quantitative estimate of drug-likeness (QED) is 0.464. The van der Waals surface area contributed by atoms with Gasteiger partial charge in [0.2, 0.25) is 0 Å². The summed E-state index contributed by atoms with van der Waals surface area (Å²) in [6, 6.07) is 16.6. The van der Waals surface area contributed by atoms with E-state index in [1.807, 2.05) is 0 Å². The molecule has 2 N–H and O–H groups in total. The Balaban J connectivity index is 0.000000399. The first-order valence-electron chi connectivity index (χ1n) is 8.93. The molecule has 0 heterocycles. The molecule has 5 heteroatoms. The third kappa shape index (κ3) is 8.63. The first-order chi connectivity index (χ1) is 13.1. The van der Waals surface area contributed by atoms with Gasteiger partial charge in [0.15, 0.2) is 0 Å². The number of hydrogen-bond acceptors (Lipinski definition) is 2. The van der Waals surface area contributed by atoms with E-state index in [4.69, 9.17) is 10.2 Å². The van der Waals surface area contributed by atoms with Gasteiger partial charge < -0.3 is 10.2 Å². The van der Waals surface area contributed by atoms with E-state index in [2.05, 4.69) is 40.7 Å². The monoisotopic (exact) mass is 427 g/mol. The fraction of sp³-hybridized carbons (Fsp3) is 0.250. The summed E-state index contributed by atoms with van der Waals surface area (Å²) in [5.74, 6) is -1.76.